The smallest absolute Gasteiger partial charge is 0.0446 e. The summed E-state index contributed by atoms with van der Waals surface area (Å²) in [6.45, 7) is 5.06. The quantitative estimate of drug-likeness (QED) is 0.831. The number of piperazine rings is 1. The summed E-state index contributed by atoms with van der Waals surface area (Å²) in [5, 5.41) is 9.50. The normalized spacial score (nSPS) is 24.3. The van der Waals surface area contributed by atoms with Crippen LogP contribution in [-0.2, 0) is 6.42 Å². The molecule has 3 rings (SSSR count). The summed E-state index contributed by atoms with van der Waals surface area (Å²) in [5.41, 5.74) is 1.45. The van der Waals surface area contributed by atoms with Gasteiger partial charge in [0.05, 0.1) is 0 Å². The van der Waals surface area contributed by atoms with Crippen molar-refractivity contribution in [2.75, 3.05) is 32.8 Å². The first-order valence-corrected chi connectivity index (χ1v) is 9.99. The third kappa shape index (κ3) is 5.05. The van der Waals surface area contributed by atoms with E-state index in [2.05, 4.69) is 40.1 Å². The van der Waals surface area contributed by atoms with Gasteiger partial charge < -0.3 is 10.0 Å². The van der Waals surface area contributed by atoms with Gasteiger partial charge in [-0.05, 0) is 44.2 Å². The number of benzene rings is 1. The molecule has 0 radical (unpaired) electrons. The fourth-order valence-corrected chi connectivity index (χ4v) is 4.59. The molecule has 1 saturated carbocycles. The summed E-state index contributed by atoms with van der Waals surface area (Å²) in [7, 11) is 0. The van der Waals surface area contributed by atoms with E-state index in [0.717, 1.165) is 19.0 Å². The Morgan fingerprint density at radius 2 is 1.79 bits per heavy atom. The largest absolute Gasteiger partial charge is 0.396 e. The Balaban J connectivity index is 1.47. The summed E-state index contributed by atoms with van der Waals surface area (Å²) in [4.78, 5) is 5.37. The SMILES string of the molecule is OCC[C@@H]1CN(CCCc2ccccc2)CCN1C1CCCCC1. The van der Waals surface area contributed by atoms with Crippen LogP contribution in [0.4, 0.5) is 0 Å². The molecule has 0 unspecified atom stereocenters. The monoisotopic (exact) mass is 330 g/mol. The highest BCUT2D eigenvalue weighted by Gasteiger charge is 2.31. The Hall–Kier alpha value is -0.900. The molecule has 1 aromatic carbocycles. The zero-order valence-corrected chi connectivity index (χ0v) is 15.1. The van der Waals surface area contributed by atoms with Crippen molar-refractivity contribution in [1.82, 2.24) is 9.80 Å². The van der Waals surface area contributed by atoms with E-state index in [-0.39, 0.29) is 0 Å². The van der Waals surface area contributed by atoms with Gasteiger partial charge in [-0.1, -0.05) is 49.6 Å². The minimum Gasteiger partial charge on any atom is -0.396 e. The highest BCUT2D eigenvalue weighted by molar-refractivity contribution is 5.14. The molecule has 1 saturated heterocycles. The van der Waals surface area contributed by atoms with Gasteiger partial charge in [-0.3, -0.25) is 4.90 Å². The van der Waals surface area contributed by atoms with Crippen molar-refractivity contribution in [2.45, 2.75) is 63.5 Å². The molecule has 1 aromatic rings. The second-order valence-electron chi connectivity index (χ2n) is 7.59. The van der Waals surface area contributed by atoms with Gasteiger partial charge in [-0.2, -0.15) is 0 Å². The number of hydrogen-bond donors (Lipinski definition) is 1. The average molecular weight is 331 g/mol. The number of rotatable bonds is 7. The van der Waals surface area contributed by atoms with Crippen LogP contribution in [0, 0.1) is 0 Å². The Morgan fingerprint density at radius 1 is 1.00 bits per heavy atom. The summed E-state index contributed by atoms with van der Waals surface area (Å²) in [5.74, 6) is 0. The lowest BCUT2D eigenvalue weighted by Crippen LogP contribution is -2.57. The number of aliphatic hydroxyl groups excluding tert-OH is 1. The second kappa shape index (κ2) is 9.55. The molecule has 3 nitrogen and oxygen atoms in total. The standard InChI is InChI=1S/C21H34N2O/c24-17-13-21-18-22(14-7-10-19-8-3-1-4-9-19)15-16-23(21)20-11-5-2-6-12-20/h1,3-4,8-9,20-21,24H,2,5-7,10-18H2/t21-/m1/s1. The van der Waals surface area contributed by atoms with Crippen molar-refractivity contribution >= 4 is 0 Å². The Labute approximate surface area is 147 Å². The van der Waals surface area contributed by atoms with Crippen LogP contribution in [0.3, 0.4) is 0 Å². The zero-order valence-electron chi connectivity index (χ0n) is 15.1. The van der Waals surface area contributed by atoms with Gasteiger partial charge in [0, 0.05) is 38.3 Å². The van der Waals surface area contributed by atoms with Crippen LogP contribution in [0.25, 0.3) is 0 Å². The van der Waals surface area contributed by atoms with E-state index in [9.17, 15) is 5.11 Å². The van der Waals surface area contributed by atoms with Crippen molar-refractivity contribution in [2.24, 2.45) is 0 Å². The molecule has 1 aliphatic carbocycles. The lowest BCUT2D eigenvalue weighted by atomic mass is 9.91. The fraction of sp³-hybridized carbons (Fsp3) is 0.714. The first-order chi connectivity index (χ1) is 11.9. The molecule has 1 N–H and O–H groups in total. The van der Waals surface area contributed by atoms with Crippen LogP contribution < -0.4 is 0 Å². The van der Waals surface area contributed by atoms with Crippen LogP contribution in [0.5, 0.6) is 0 Å². The third-order valence-corrected chi connectivity index (χ3v) is 5.90. The molecule has 0 amide bonds. The van der Waals surface area contributed by atoms with E-state index in [0.29, 0.717) is 12.6 Å². The molecule has 1 heterocycles. The molecule has 24 heavy (non-hydrogen) atoms. The van der Waals surface area contributed by atoms with Crippen molar-refractivity contribution in [3.05, 3.63) is 35.9 Å². The molecular formula is C21H34N2O. The molecular weight excluding hydrogens is 296 g/mol. The van der Waals surface area contributed by atoms with E-state index in [1.54, 1.807) is 0 Å². The molecule has 1 aliphatic heterocycles. The first kappa shape index (κ1) is 17.9. The Bertz CT molecular complexity index is 458. The van der Waals surface area contributed by atoms with Gasteiger partial charge in [0.2, 0.25) is 0 Å². The van der Waals surface area contributed by atoms with Gasteiger partial charge in [0.25, 0.3) is 0 Å². The first-order valence-electron chi connectivity index (χ1n) is 9.99. The van der Waals surface area contributed by atoms with Crippen LogP contribution in [0.1, 0.15) is 50.5 Å². The lowest BCUT2D eigenvalue weighted by Gasteiger charge is -2.46. The van der Waals surface area contributed by atoms with Gasteiger partial charge >= 0.3 is 0 Å². The summed E-state index contributed by atoms with van der Waals surface area (Å²) >= 11 is 0. The van der Waals surface area contributed by atoms with E-state index < -0.39 is 0 Å². The summed E-state index contributed by atoms with van der Waals surface area (Å²) in [6.07, 6.45) is 10.3. The predicted octanol–water partition coefficient (Wildman–Crippen LogP) is 3.32. The van der Waals surface area contributed by atoms with Crippen molar-refractivity contribution < 1.29 is 5.11 Å². The third-order valence-electron chi connectivity index (χ3n) is 5.90. The van der Waals surface area contributed by atoms with E-state index in [1.165, 1.54) is 70.1 Å². The number of hydrogen-bond acceptors (Lipinski definition) is 3. The average Bonchev–Trinajstić information content (AvgIpc) is 2.64. The number of aliphatic hydroxyl groups is 1. The van der Waals surface area contributed by atoms with E-state index in [4.69, 9.17) is 0 Å². The molecule has 2 aliphatic rings. The predicted molar refractivity (Wildman–Crippen MR) is 100 cm³/mol. The maximum absolute atomic E-state index is 9.50. The van der Waals surface area contributed by atoms with Gasteiger partial charge in [0.15, 0.2) is 0 Å². The topological polar surface area (TPSA) is 26.7 Å². The van der Waals surface area contributed by atoms with Gasteiger partial charge in [0.1, 0.15) is 0 Å². The second-order valence-corrected chi connectivity index (χ2v) is 7.59. The van der Waals surface area contributed by atoms with Crippen molar-refractivity contribution in [3.8, 4) is 0 Å². The van der Waals surface area contributed by atoms with E-state index in [1.807, 2.05) is 0 Å². The highest BCUT2D eigenvalue weighted by atomic mass is 16.3. The van der Waals surface area contributed by atoms with Crippen LogP contribution in [0.15, 0.2) is 30.3 Å². The molecule has 134 valence electrons. The molecule has 0 bridgehead atoms. The van der Waals surface area contributed by atoms with Gasteiger partial charge in [-0.15, -0.1) is 0 Å². The molecule has 2 fully saturated rings. The molecule has 0 spiro atoms. The zero-order chi connectivity index (χ0) is 16.6. The fourth-order valence-electron chi connectivity index (χ4n) is 4.59. The maximum Gasteiger partial charge on any atom is 0.0446 e. The van der Waals surface area contributed by atoms with E-state index >= 15 is 0 Å². The van der Waals surface area contributed by atoms with Crippen LogP contribution in [-0.4, -0.2) is 59.8 Å². The number of aryl methyl sites for hydroxylation is 1. The summed E-state index contributed by atoms with van der Waals surface area (Å²) < 4.78 is 0. The highest BCUT2D eigenvalue weighted by Crippen LogP contribution is 2.27. The molecule has 1 atom stereocenters. The van der Waals surface area contributed by atoms with Crippen molar-refractivity contribution in [1.29, 1.82) is 0 Å². The minimum absolute atomic E-state index is 0.325. The molecule has 0 aromatic heterocycles. The summed E-state index contributed by atoms with van der Waals surface area (Å²) in [6, 6.07) is 12.2. The number of nitrogens with zero attached hydrogens (tertiary/aromatic N) is 2. The van der Waals surface area contributed by atoms with Gasteiger partial charge in [-0.25, -0.2) is 0 Å². The Kier molecular flexibility index (Phi) is 7.13. The van der Waals surface area contributed by atoms with Crippen molar-refractivity contribution in [3.63, 3.8) is 0 Å². The lowest BCUT2D eigenvalue weighted by molar-refractivity contribution is 0.0162. The molecule has 3 heteroatoms. The van der Waals surface area contributed by atoms with Crippen LogP contribution >= 0.6 is 0 Å². The Morgan fingerprint density at radius 3 is 2.54 bits per heavy atom. The maximum atomic E-state index is 9.50. The minimum atomic E-state index is 0.325. The van der Waals surface area contributed by atoms with Crippen LogP contribution in [0.2, 0.25) is 0 Å².